The molecular formula is C19H23FN4O3S. The Morgan fingerprint density at radius 3 is 2.68 bits per heavy atom. The summed E-state index contributed by atoms with van der Waals surface area (Å²) in [6, 6.07) is 7.78. The standard InChI is InChI=1S/C19H23FN4O3S/c1-13-3-4-15(9-17(13)20)18(12-24-8-7-22-14(2)11-24)27-19-6-5-16(10-23-19)28(21,25)26/h3-6,9-10,18H,7-8,11-12H2,1-2H3,(H2,21,25,26). The molecule has 0 aliphatic carbocycles. The number of halogens is 1. The normalized spacial score (nSPS) is 16.5. The van der Waals surface area contributed by atoms with E-state index in [1.54, 1.807) is 13.0 Å². The van der Waals surface area contributed by atoms with Crippen LogP contribution in [0, 0.1) is 12.7 Å². The van der Waals surface area contributed by atoms with E-state index in [1.807, 2.05) is 13.0 Å². The molecule has 1 aliphatic heterocycles. The largest absolute Gasteiger partial charge is 0.468 e. The van der Waals surface area contributed by atoms with Gasteiger partial charge in [0.05, 0.1) is 12.7 Å². The number of rotatable bonds is 6. The second-order valence-electron chi connectivity index (χ2n) is 6.84. The van der Waals surface area contributed by atoms with Crippen LogP contribution in [0.4, 0.5) is 4.39 Å². The minimum Gasteiger partial charge on any atom is -0.468 e. The molecule has 1 aliphatic rings. The number of benzene rings is 1. The third-order valence-corrected chi connectivity index (χ3v) is 5.44. The minimum absolute atomic E-state index is 0.0966. The molecule has 0 radical (unpaired) electrons. The quantitative estimate of drug-likeness (QED) is 0.792. The molecule has 2 aromatic rings. The SMILES string of the molecule is CC1=NCCN(CC(Oc2ccc(S(N)(=O)=O)cn2)c2ccc(C)c(F)c2)C1. The summed E-state index contributed by atoms with van der Waals surface area (Å²) in [5.74, 6) is -0.0687. The van der Waals surface area contributed by atoms with E-state index in [1.165, 1.54) is 18.2 Å². The molecule has 0 saturated heterocycles. The Labute approximate surface area is 164 Å². The highest BCUT2D eigenvalue weighted by Gasteiger charge is 2.22. The number of aryl methyl sites for hydroxylation is 1. The van der Waals surface area contributed by atoms with Gasteiger partial charge < -0.3 is 4.74 Å². The average molecular weight is 406 g/mol. The van der Waals surface area contributed by atoms with Crippen molar-refractivity contribution in [2.45, 2.75) is 24.8 Å². The Hall–Kier alpha value is -2.36. The van der Waals surface area contributed by atoms with Crippen LogP contribution >= 0.6 is 0 Å². The molecule has 0 saturated carbocycles. The zero-order valence-corrected chi connectivity index (χ0v) is 16.6. The molecule has 7 nitrogen and oxygen atoms in total. The van der Waals surface area contributed by atoms with Crippen molar-refractivity contribution in [3.8, 4) is 5.88 Å². The number of hydrogen-bond acceptors (Lipinski definition) is 6. The van der Waals surface area contributed by atoms with Gasteiger partial charge in [-0.25, -0.2) is 22.9 Å². The summed E-state index contributed by atoms with van der Waals surface area (Å²) in [5.41, 5.74) is 2.27. The minimum atomic E-state index is -3.83. The number of pyridine rings is 1. The Morgan fingerprint density at radius 1 is 1.29 bits per heavy atom. The van der Waals surface area contributed by atoms with E-state index in [-0.39, 0.29) is 16.6 Å². The van der Waals surface area contributed by atoms with Crippen LogP contribution in [-0.4, -0.2) is 50.2 Å². The molecule has 1 atom stereocenters. The third kappa shape index (κ3) is 5.12. The maximum atomic E-state index is 14.1. The lowest BCUT2D eigenvalue weighted by atomic mass is 10.1. The van der Waals surface area contributed by atoms with Gasteiger partial charge in [0, 0.05) is 31.4 Å². The van der Waals surface area contributed by atoms with Gasteiger partial charge >= 0.3 is 0 Å². The number of nitrogens with zero attached hydrogens (tertiary/aromatic N) is 3. The van der Waals surface area contributed by atoms with E-state index < -0.39 is 16.1 Å². The van der Waals surface area contributed by atoms with Crippen LogP contribution in [-0.2, 0) is 10.0 Å². The van der Waals surface area contributed by atoms with E-state index in [9.17, 15) is 12.8 Å². The second kappa shape index (κ2) is 8.34. The molecule has 0 amide bonds. The highest BCUT2D eigenvalue weighted by atomic mass is 32.2. The summed E-state index contributed by atoms with van der Waals surface area (Å²) < 4.78 is 42.9. The summed E-state index contributed by atoms with van der Waals surface area (Å²) in [5, 5.41) is 5.10. The maximum Gasteiger partial charge on any atom is 0.239 e. The molecule has 0 fully saturated rings. The Morgan fingerprint density at radius 2 is 2.07 bits per heavy atom. The van der Waals surface area contributed by atoms with Gasteiger partial charge in [-0.05, 0) is 37.1 Å². The van der Waals surface area contributed by atoms with Gasteiger partial charge in [0.1, 0.15) is 16.8 Å². The highest BCUT2D eigenvalue weighted by molar-refractivity contribution is 7.89. The first-order valence-electron chi connectivity index (χ1n) is 8.86. The van der Waals surface area contributed by atoms with E-state index >= 15 is 0 Å². The lowest BCUT2D eigenvalue weighted by molar-refractivity contribution is 0.137. The van der Waals surface area contributed by atoms with Crippen LogP contribution in [0.25, 0.3) is 0 Å². The molecule has 9 heteroatoms. The van der Waals surface area contributed by atoms with E-state index in [0.29, 0.717) is 30.8 Å². The predicted octanol–water partition coefficient (Wildman–Crippen LogP) is 2.07. The van der Waals surface area contributed by atoms with Crippen molar-refractivity contribution < 1.29 is 17.5 Å². The van der Waals surface area contributed by atoms with Crippen LogP contribution in [0.1, 0.15) is 24.2 Å². The number of hydrogen-bond donors (Lipinski definition) is 1. The van der Waals surface area contributed by atoms with Gasteiger partial charge in [0.15, 0.2) is 0 Å². The van der Waals surface area contributed by atoms with Crippen molar-refractivity contribution in [2.75, 3.05) is 26.2 Å². The van der Waals surface area contributed by atoms with Crippen molar-refractivity contribution >= 4 is 15.7 Å². The Kier molecular flexibility index (Phi) is 6.07. The Balaban J connectivity index is 1.85. The summed E-state index contributed by atoms with van der Waals surface area (Å²) in [4.78, 5) is 10.5. The molecule has 1 aromatic heterocycles. The summed E-state index contributed by atoms with van der Waals surface area (Å²) in [7, 11) is -3.83. The molecule has 0 spiro atoms. The Bertz CT molecular complexity index is 977. The third-order valence-electron chi connectivity index (χ3n) is 4.54. The van der Waals surface area contributed by atoms with E-state index in [4.69, 9.17) is 9.88 Å². The van der Waals surface area contributed by atoms with Crippen molar-refractivity contribution in [1.82, 2.24) is 9.88 Å². The molecular weight excluding hydrogens is 383 g/mol. The molecule has 2 heterocycles. The lowest BCUT2D eigenvalue weighted by Gasteiger charge is -2.30. The number of aliphatic imine (C=N–C) groups is 1. The van der Waals surface area contributed by atoms with Crippen molar-refractivity contribution in [3.05, 3.63) is 53.5 Å². The predicted molar refractivity (Wildman–Crippen MR) is 105 cm³/mol. The molecule has 3 rings (SSSR count). The molecule has 0 bridgehead atoms. The van der Waals surface area contributed by atoms with Gasteiger partial charge in [-0.1, -0.05) is 12.1 Å². The topological polar surface area (TPSA) is 97.9 Å². The zero-order chi connectivity index (χ0) is 20.3. The van der Waals surface area contributed by atoms with Crippen LogP contribution in [0.5, 0.6) is 5.88 Å². The monoisotopic (exact) mass is 406 g/mol. The van der Waals surface area contributed by atoms with Gasteiger partial charge in [0.25, 0.3) is 0 Å². The maximum absolute atomic E-state index is 14.1. The number of ether oxygens (including phenoxy) is 1. The number of primary sulfonamides is 1. The van der Waals surface area contributed by atoms with Crippen LogP contribution in [0.15, 0.2) is 46.4 Å². The summed E-state index contributed by atoms with van der Waals surface area (Å²) >= 11 is 0. The fourth-order valence-electron chi connectivity index (χ4n) is 3.00. The van der Waals surface area contributed by atoms with Gasteiger partial charge in [-0.3, -0.25) is 9.89 Å². The number of aromatic nitrogens is 1. The summed E-state index contributed by atoms with van der Waals surface area (Å²) in [6.45, 7) is 6.40. The second-order valence-corrected chi connectivity index (χ2v) is 8.41. The molecule has 2 N–H and O–H groups in total. The van der Waals surface area contributed by atoms with Gasteiger partial charge in [-0.2, -0.15) is 0 Å². The number of nitrogens with two attached hydrogens (primary N) is 1. The van der Waals surface area contributed by atoms with Crippen molar-refractivity contribution in [1.29, 1.82) is 0 Å². The lowest BCUT2D eigenvalue weighted by Crippen LogP contribution is -2.39. The van der Waals surface area contributed by atoms with E-state index in [0.717, 1.165) is 18.5 Å². The zero-order valence-electron chi connectivity index (χ0n) is 15.8. The first-order valence-corrected chi connectivity index (χ1v) is 10.4. The van der Waals surface area contributed by atoms with Crippen LogP contribution in [0.3, 0.4) is 0 Å². The number of sulfonamides is 1. The summed E-state index contributed by atoms with van der Waals surface area (Å²) in [6.07, 6.45) is 0.670. The van der Waals surface area contributed by atoms with E-state index in [2.05, 4.69) is 14.9 Å². The molecule has 150 valence electrons. The fourth-order valence-corrected chi connectivity index (χ4v) is 3.45. The highest BCUT2D eigenvalue weighted by Crippen LogP contribution is 2.24. The van der Waals surface area contributed by atoms with Crippen molar-refractivity contribution in [2.24, 2.45) is 10.1 Å². The van der Waals surface area contributed by atoms with Gasteiger partial charge in [-0.15, -0.1) is 0 Å². The first kappa shape index (κ1) is 20.4. The van der Waals surface area contributed by atoms with Crippen LogP contribution in [0.2, 0.25) is 0 Å². The van der Waals surface area contributed by atoms with Crippen LogP contribution < -0.4 is 9.88 Å². The van der Waals surface area contributed by atoms with Gasteiger partial charge in [0.2, 0.25) is 15.9 Å². The average Bonchev–Trinajstić information content (AvgIpc) is 2.63. The smallest absolute Gasteiger partial charge is 0.239 e. The fraction of sp³-hybridized carbons (Fsp3) is 0.368. The molecule has 28 heavy (non-hydrogen) atoms. The first-order chi connectivity index (χ1) is 13.2. The molecule has 1 unspecified atom stereocenters. The molecule has 1 aromatic carbocycles. The van der Waals surface area contributed by atoms with Crippen molar-refractivity contribution in [3.63, 3.8) is 0 Å².